The smallest absolute Gasteiger partial charge is 0.357 e. The van der Waals surface area contributed by atoms with E-state index < -0.39 is 11.6 Å². The van der Waals surface area contributed by atoms with E-state index >= 15 is 0 Å². The van der Waals surface area contributed by atoms with Crippen LogP contribution in [0.1, 0.15) is 50.3 Å². The predicted molar refractivity (Wildman–Crippen MR) is 95.0 cm³/mol. The second-order valence-corrected chi connectivity index (χ2v) is 6.90. The Labute approximate surface area is 149 Å². The first-order valence-electron chi connectivity index (χ1n) is 8.36. The SMILES string of the molecule is COC(=O)CCN(Cc1cccc(C(=O)OC(C)(C)C)n1)C(C)CN. The Morgan fingerprint density at radius 3 is 2.56 bits per heavy atom. The van der Waals surface area contributed by atoms with Crippen LogP contribution in [0.5, 0.6) is 0 Å². The summed E-state index contributed by atoms with van der Waals surface area (Å²) >= 11 is 0. The Hall–Kier alpha value is -1.99. The van der Waals surface area contributed by atoms with E-state index in [1.165, 1.54) is 7.11 Å². The normalized spacial score (nSPS) is 12.8. The average Bonchev–Trinajstić information content (AvgIpc) is 2.56. The lowest BCUT2D eigenvalue weighted by Crippen LogP contribution is -2.39. The highest BCUT2D eigenvalue weighted by atomic mass is 16.6. The van der Waals surface area contributed by atoms with Crippen LogP contribution in [0.4, 0.5) is 0 Å². The average molecular weight is 351 g/mol. The van der Waals surface area contributed by atoms with Crippen molar-refractivity contribution in [2.45, 2.75) is 52.3 Å². The van der Waals surface area contributed by atoms with Crippen LogP contribution >= 0.6 is 0 Å². The van der Waals surface area contributed by atoms with Crippen molar-refractivity contribution in [3.8, 4) is 0 Å². The summed E-state index contributed by atoms with van der Waals surface area (Å²) in [6, 6.07) is 5.30. The van der Waals surface area contributed by atoms with Gasteiger partial charge in [0.15, 0.2) is 0 Å². The van der Waals surface area contributed by atoms with Crippen LogP contribution in [0, 0.1) is 0 Å². The molecular weight excluding hydrogens is 322 g/mol. The summed E-state index contributed by atoms with van der Waals surface area (Å²) in [5.41, 5.74) is 6.17. The van der Waals surface area contributed by atoms with Gasteiger partial charge in [-0.05, 0) is 39.8 Å². The summed E-state index contributed by atoms with van der Waals surface area (Å²) in [6.07, 6.45) is 0.270. The zero-order valence-corrected chi connectivity index (χ0v) is 15.7. The lowest BCUT2D eigenvalue weighted by atomic mass is 10.2. The number of nitrogens with two attached hydrogens (primary N) is 1. The van der Waals surface area contributed by atoms with Gasteiger partial charge in [-0.2, -0.15) is 0 Å². The molecule has 7 nitrogen and oxygen atoms in total. The molecule has 0 bridgehead atoms. The standard InChI is InChI=1S/C18H29N3O4/c1-13(11-19)21(10-9-16(22)24-5)12-14-7-6-8-15(20-14)17(23)25-18(2,3)4/h6-8,13H,9-12,19H2,1-5H3. The third-order valence-electron chi connectivity index (χ3n) is 3.58. The summed E-state index contributed by atoms with van der Waals surface area (Å²) in [5, 5.41) is 0. The maximum absolute atomic E-state index is 12.2. The van der Waals surface area contributed by atoms with Crippen molar-refractivity contribution in [1.82, 2.24) is 9.88 Å². The minimum absolute atomic E-state index is 0.0663. The quantitative estimate of drug-likeness (QED) is 0.713. The first-order chi connectivity index (χ1) is 11.7. The maximum Gasteiger partial charge on any atom is 0.357 e. The zero-order chi connectivity index (χ0) is 19.0. The summed E-state index contributed by atoms with van der Waals surface area (Å²) in [6.45, 7) is 8.85. The lowest BCUT2D eigenvalue weighted by molar-refractivity contribution is -0.141. The summed E-state index contributed by atoms with van der Waals surface area (Å²) in [5.74, 6) is -0.730. The number of pyridine rings is 1. The van der Waals surface area contributed by atoms with Crippen LogP contribution in [0.2, 0.25) is 0 Å². The molecule has 25 heavy (non-hydrogen) atoms. The van der Waals surface area contributed by atoms with Crippen LogP contribution in [0.15, 0.2) is 18.2 Å². The zero-order valence-electron chi connectivity index (χ0n) is 15.7. The van der Waals surface area contributed by atoms with Crippen molar-refractivity contribution in [2.75, 3.05) is 20.2 Å². The number of rotatable bonds is 8. The molecule has 0 saturated carbocycles. The van der Waals surface area contributed by atoms with Gasteiger partial charge in [0.25, 0.3) is 0 Å². The van der Waals surface area contributed by atoms with Crippen molar-refractivity contribution in [3.63, 3.8) is 0 Å². The number of methoxy groups -OCH3 is 1. The molecule has 0 aromatic carbocycles. The van der Waals surface area contributed by atoms with Crippen molar-refractivity contribution < 1.29 is 19.1 Å². The molecule has 0 fully saturated rings. The predicted octanol–water partition coefficient (Wildman–Crippen LogP) is 1.75. The minimum atomic E-state index is -0.574. The highest BCUT2D eigenvalue weighted by Crippen LogP contribution is 2.13. The van der Waals surface area contributed by atoms with Gasteiger partial charge in [0, 0.05) is 25.7 Å². The number of carbonyl (C=O) groups is 2. The van der Waals surface area contributed by atoms with E-state index in [1.54, 1.807) is 12.1 Å². The Balaban J connectivity index is 2.85. The van der Waals surface area contributed by atoms with E-state index in [-0.39, 0.29) is 24.1 Å². The molecule has 1 unspecified atom stereocenters. The van der Waals surface area contributed by atoms with E-state index in [2.05, 4.69) is 9.72 Å². The van der Waals surface area contributed by atoms with Gasteiger partial charge in [0.05, 0.1) is 19.2 Å². The molecule has 0 amide bonds. The first kappa shape index (κ1) is 21.1. The monoisotopic (exact) mass is 351 g/mol. The summed E-state index contributed by atoms with van der Waals surface area (Å²) < 4.78 is 10.0. The van der Waals surface area contributed by atoms with E-state index in [4.69, 9.17) is 10.5 Å². The molecule has 1 rings (SSSR count). The molecule has 1 aromatic heterocycles. The fourth-order valence-electron chi connectivity index (χ4n) is 2.16. The molecule has 1 atom stereocenters. The highest BCUT2D eigenvalue weighted by Gasteiger charge is 2.20. The van der Waals surface area contributed by atoms with E-state index in [0.29, 0.717) is 25.3 Å². The molecule has 1 aromatic rings. The summed E-state index contributed by atoms with van der Waals surface area (Å²) in [4.78, 5) is 30.0. The van der Waals surface area contributed by atoms with Gasteiger partial charge in [-0.1, -0.05) is 6.07 Å². The van der Waals surface area contributed by atoms with Gasteiger partial charge in [-0.3, -0.25) is 9.69 Å². The lowest BCUT2D eigenvalue weighted by Gasteiger charge is -2.27. The van der Waals surface area contributed by atoms with E-state index in [9.17, 15) is 9.59 Å². The van der Waals surface area contributed by atoms with E-state index in [1.807, 2.05) is 38.7 Å². The van der Waals surface area contributed by atoms with Crippen LogP contribution < -0.4 is 5.73 Å². The molecule has 7 heteroatoms. The number of carbonyl (C=O) groups excluding carboxylic acids is 2. The van der Waals surface area contributed by atoms with Crippen molar-refractivity contribution >= 4 is 11.9 Å². The van der Waals surface area contributed by atoms with Gasteiger partial charge in [-0.25, -0.2) is 9.78 Å². The fraction of sp³-hybridized carbons (Fsp3) is 0.611. The topological polar surface area (TPSA) is 94.8 Å². The number of hydrogen-bond donors (Lipinski definition) is 1. The van der Waals surface area contributed by atoms with Gasteiger partial charge in [-0.15, -0.1) is 0 Å². The number of aromatic nitrogens is 1. The molecule has 0 spiro atoms. The molecule has 0 radical (unpaired) electrons. The Morgan fingerprint density at radius 1 is 1.32 bits per heavy atom. The Kier molecular flexibility index (Phi) is 7.99. The Morgan fingerprint density at radius 2 is 2.00 bits per heavy atom. The second-order valence-electron chi connectivity index (χ2n) is 6.90. The number of ether oxygens (including phenoxy) is 2. The Bertz CT molecular complexity index is 584. The van der Waals surface area contributed by atoms with E-state index in [0.717, 1.165) is 0 Å². The molecule has 0 aliphatic heterocycles. The van der Waals surface area contributed by atoms with Crippen LogP contribution in [0.3, 0.4) is 0 Å². The van der Waals surface area contributed by atoms with Gasteiger partial charge in [0.1, 0.15) is 11.3 Å². The third kappa shape index (κ3) is 7.62. The largest absolute Gasteiger partial charge is 0.469 e. The highest BCUT2D eigenvalue weighted by molar-refractivity contribution is 5.87. The molecule has 0 saturated heterocycles. The minimum Gasteiger partial charge on any atom is -0.469 e. The fourth-order valence-corrected chi connectivity index (χ4v) is 2.16. The van der Waals surface area contributed by atoms with Gasteiger partial charge in [0.2, 0.25) is 0 Å². The molecule has 0 aliphatic rings. The van der Waals surface area contributed by atoms with Crippen molar-refractivity contribution in [1.29, 1.82) is 0 Å². The number of nitrogens with zero attached hydrogens (tertiary/aromatic N) is 2. The second kappa shape index (κ2) is 9.48. The molecular formula is C18H29N3O4. The van der Waals surface area contributed by atoms with Crippen LogP contribution in [0.25, 0.3) is 0 Å². The maximum atomic E-state index is 12.2. The van der Waals surface area contributed by atoms with Crippen molar-refractivity contribution in [3.05, 3.63) is 29.6 Å². The summed E-state index contributed by atoms with van der Waals surface area (Å²) in [7, 11) is 1.37. The van der Waals surface area contributed by atoms with Crippen LogP contribution in [-0.4, -0.2) is 53.7 Å². The number of esters is 2. The molecule has 2 N–H and O–H groups in total. The molecule has 1 heterocycles. The molecule has 0 aliphatic carbocycles. The third-order valence-corrected chi connectivity index (χ3v) is 3.58. The van der Waals surface area contributed by atoms with Crippen molar-refractivity contribution in [2.24, 2.45) is 5.73 Å². The first-order valence-corrected chi connectivity index (χ1v) is 8.36. The number of hydrogen-bond acceptors (Lipinski definition) is 7. The van der Waals surface area contributed by atoms with Gasteiger partial charge >= 0.3 is 11.9 Å². The van der Waals surface area contributed by atoms with Crippen LogP contribution in [-0.2, 0) is 20.8 Å². The molecule has 140 valence electrons. The van der Waals surface area contributed by atoms with Gasteiger partial charge < -0.3 is 15.2 Å².